The standard InChI is InChI=1S/C21H19Cl2N3OS/c22-15-10-13-4-3-8-26(19(13)16(23)11-15)20(27)14-7-9-25(12-14)21-24-17-5-1-2-6-18(17)28-21/h1-2,5-6,10-11,14H,3-4,7-9,12H2. The van der Waals surface area contributed by atoms with Gasteiger partial charge in [-0.1, -0.05) is 46.7 Å². The van der Waals surface area contributed by atoms with Crippen LogP contribution < -0.4 is 9.80 Å². The van der Waals surface area contributed by atoms with E-state index in [2.05, 4.69) is 11.0 Å². The van der Waals surface area contributed by atoms with E-state index >= 15 is 0 Å². The van der Waals surface area contributed by atoms with Crippen LogP contribution in [-0.4, -0.2) is 30.5 Å². The number of hydrogen-bond donors (Lipinski definition) is 0. The maximum Gasteiger partial charge on any atom is 0.232 e. The number of aryl methyl sites for hydroxylation is 1. The SMILES string of the molecule is O=C(C1CCN(c2nc3ccccc3s2)C1)N1CCCc2cc(Cl)cc(Cl)c21. The van der Waals surface area contributed by atoms with Crippen LogP contribution in [0.4, 0.5) is 10.8 Å². The molecule has 2 aliphatic heterocycles. The molecule has 7 heteroatoms. The summed E-state index contributed by atoms with van der Waals surface area (Å²) in [5.74, 6) is 0.124. The van der Waals surface area contributed by atoms with Crippen molar-refractivity contribution in [3.63, 3.8) is 0 Å². The Balaban J connectivity index is 1.38. The molecule has 1 aromatic heterocycles. The summed E-state index contributed by atoms with van der Waals surface area (Å²) in [5, 5.41) is 2.19. The van der Waals surface area contributed by atoms with Gasteiger partial charge in [-0.05, 0) is 49.1 Å². The van der Waals surface area contributed by atoms with Crippen molar-refractivity contribution in [3.8, 4) is 0 Å². The largest absolute Gasteiger partial charge is 0.347 e. The number of halogens is 2. The van der Waals surface area contributed by atoms with Gasteiger partial charge in [-0.25, -0.2) is 4.98 Å². The van der Waals surface area contributed by atoms with Crippen LogP contribution in [0.5, 0.6) is 0 Å². The van der Waals surface area contributed by atoms with Gasteiger partial charge in [-0.2, -0.15) is 0 Å². The monoisotopic (exact) mass is 431 g/mol. The minimum Gasteiger partial charge on any atom is -0.347 e. The summed E-state index contributed by atoms with van der Waals surface area (Å²) in [6.07, 6.45) is 2.68. The van der Waals surface area contributed by atoms with E-state index in [1.807, 2.05) is 29.2 Å². The van der Waals surface area contributed by atoms with Gasteiger partial charge in [-0.3, -0.25) is 4.79 Å². The summed E-state index contributed by atoms with van der Waals surface area (Å²) in [5.41, 5.74) is 2.93. The van der Waals surface area contributed by atoms with Gasteiger partial charge in [-0.15, -0.1) is 0 Å². The topological polar surface area (TPSA) is 36.4 Å². The Bertz CT molecular complexity index is 1030. The number of carbonyl (C=O) groups is 1. The zero-order valence-electron chi connectivity index (χ0n) is 15.2. The minimum absolute atomic E-state index is 0.0373. The lowest BCUT2D eigenvalue weighted by Crippen LogP contribution is -2.40. The third-order valence-electron chi connectivity index (χ3n) is 5.56. The van der Waals surface area contributed by atoms with E-state index in [-0.39, 0.29) is 11.8 Å². The maximum atomic E-state index is 13.3. The number of rotatable bonds is 2. The molecule has 1 amide bonds. The van der Waals surface area contributed by atoms with Crippen molar-refractivity contribution in [3.05, 3.63) is 52.0 Å². The van der Waals surface area contributed by atoms with Gasteiger partial charge < -0.3 is 9.80 Å². The molecule has 3 heterocycles. The molecule has 4 nitrogen and oxygen atoms in total. The van der Waals surface area contributed by atoms with Gasteiger partial charge in [0.05, 0.1) is 26.8 Å². The van der Waals surface area contributed by atoms with Crippen molar-refractivity contribution < 1.29 is 4.79 Å². The first-order chi connectivity index (χ1) is 13.6. The molecule has 0 radical (unpaired) electrons. The fraction of sp³-hybridized carbons (Fsp3) is 0.333. The van der Waals surface area contributed by atoms with Crippen molar-refractivity contribution in [1.29, 1.82) is 0 Å². The normalized spacial score (nSPS) is 19.3. The predicted molar refractivity (Wildman–Crippen MR) is 117 cm³/mol. The Morgan fingerprint density at radius 2 is 2.04 bits per heavy atom. The second kappa shape index (κ2) is 7.21. The number of nitrogens with zero attached hydrogens (tertiary/aromatic N) is 3. The molecular formula is C21H19Cl2N3OS. The van der Waals surface area contributed by atoms with Crippen LogP contribution in [-0.2, 0) is 11.2 Å². The molecule has 0 bridgehead atoms. The molecule has 2 aliphatic rings. The molecule has 0 N–H and O–H groups in total. The van der Waals surface area contributed by atoms with E-state index in [1.165, 1.54) is 4.70 Å². The molecule has 1 atom stereocenters. The summed E-state index contributed by atoms with van der Waals surface area (Å²) in [6, 6.07) is 11.8. The fourth-order valence-electron chi connectivity index (χ4n) is 4.22. The molecule has 0 saturated carbocycles. The summed E-state index contributed by atoms with van der Waals surface area (Å²) in [6.45, 7) is 2.27. The molecule has 1 saturated heterocycles. The van der Waals surface area contributed by atoms with E-state index in [0.717, 1.165) is 47.7 Å². The van der Waals surface area contributed by atoms with Crippen LogP contribution in [0.1, 0.15) is 18.4 Å². The highest BCUT2D eigenvalue weighted by molar-refractivity contribution is 7.22. The molecule has 0 spiro atoms. The Labute approximate surface area is 177 Å². The number of benzene rings is 2. The number of aromatic nitrogens is 1. The summed E-state index contributed by atoms with van der Waals surface area (Å²) in [4.78, 5) is 22.2. The third kappa shape index (κ3) is 3.15. The Hall–Kier alpha value is -1.82. The number of fused-ring (bicyclic) bond motifs is 2. The lowest BCUT2D eigenvalue weighted by Gasteiger charge is -2.32. The number of thiazole rings is 1. The molecule has 2 aromatic carbocycles. The van der Waals surface area contributed by atoms with Crippen LogP contribution in [0, 0.1) is 5.92 Å². The van der Waals surface area contributed by atoms with E-state index < -0.39 is 0 Å². The molecule has 5 rings (SSSR count). The third-order valence-corrected chi connectivity index (χ3v) is 7.17. The highest BCUT2D eigenvalue weighted by Crippen LogP contribution is 2.39. The zero-order chi connectivity index (χ0) is 19.3. The second-order valence-electron chi connectivity index (χ2n) is 7.38. The Morgan fingerprint density at radius 3 is 2.89 bits per heavy atom. The molecule has 1 unspecified atom stereocenters. The van der Waals surface area contributed by atoms with Crippen molar-refractivity contribution in [2.24, 2.45) is 5.92 Å². The molecule has 28 heavy (non-hydrogen) atoms. The van der Waals surface area contributed by atoms with Crippen LogP contribution >= 0.6 is 34.5 Å². The van der Waals surface area contributed by atoms with Gasteiger partial charge in [0.15, 0.2) is 5.13 Å². The fourth-order valence-corrected chi connectivity index (χ4v) is 5.86. The Kier molecular flexibility index (Phi) is 4.69. The second-order valence-corrected chi connectivity index (χ2v) is 9.24. The summed E-state index contributed by atoms with van der Waals surface area (Å²) < 4.78 is 1.18. The van der Waals surface area contributed by atoms with Gasteiger partial charge in [0.25, 0.3) is 0 Å². The average Bonchev–Trinajstić information content (AvgIpc) is 3.33. The van der Waals surface area contributed by atoms with Crippen LogP contribution in [0.2, 0.25) is 10.0 Å². The van der Waals surface area contributed by atoms with E-state index in [9.17, 15) is 4.79 Å². The lowest BCUT2D eigenvalue weighted by molar-refractivity contribution is -0.121. The van der Waals surface area contributed by atoms with Gasteiger partial charge in [0.1, 0.15) is 0 Å². The first-order valence-electron chi connectivity index (χ1n) is 9.50. The smallest absolute Gasteiger partial charge is 0.232 e. The molecule has 144 valence electrons. The molecule has 1 fully saturated rings. The van der Waals surface area contributed by atoms with Crippen molar-refractivity contribution >= 4 is 61.5 Å². The Morgan fingerprint density at radius 1 is 1.18 bits per heavy atom. The van der Waals surface area contributed by atoms with Crippen molar-refractivity contribution in [1.82, 2.24) is 4.98 Å². The zero-order valence-corrected chi connectivity index (χ0v) is 17.5. The van der Waals surface area contributed by atoms with Crippen molar-refractivity contribution in [2.45, 2.75) is 19.3 Å². The van der Waals surface area contributed by atoms with Crippen LogP contribution in [0.25, 0.3) is 10.2 Å². The van der Waals surface area contributed by atoms with Crippen LogP contribution in [0.15, 0.2) is 36.4 Å². The van der Waals surface area contributed by atoms with Gasteiger partial charge in [0.2, 0.25) is 5.91 Å². The first kappa shape index (κ1) is 18.2. The number of amides is 1. The predicted octanol–water partition coefficient (Wildman–Crippen LogP) is 5.41. The summed E-state index contributed by atoms with van der Waals surface area (Å²) in [7, 11) is 0. The first-order valence-corrected chi connectivity index (χ1v) is 11.1. The maximum absolute atomic E-state index is 13.3. The number of hydrogen-bond acceptors (Lipinski definition) is 4. The number of para-hydroxylation sites is 1. The lowest BCUT2D eigenvalue weighted by atomic mass is 9.99. The van der Waals surface area contributed by atoms with Crippen LogP contribution in [0.3, 0.4) is 0 Å². The van der Waals surface area contributed by atoms with E-state index in [4.69, 9.17) is 28.2 Å². The minimum atomic E-state index is -0.0373. The molecule has 0 aliphatic carbocycles. The average molecular weight is 432 g/mol. The molecular weight excluding hydrogens is 413 g/mol. The molecule has 3 aromatic rings. The number of anilines is 2. The number of carbonyl (C=O) groups excluding carboxylic acids is 1. The quantitative estimate of drug-likeness (QED) is 0.544. The van der Waals surface area contributed by atoms with E-state index in [1.54, 1.807) is 17.4 Å². The van der Waals surface area contributed by atoms with Crippen molar-refractivity contribution in [2.75, 3.05) is 29.4 Å². The van der Waals surface area contributed by atoms with Gasteiger partial charge in [0, 0.05) is 24.7 Å². The highest BCUT2D eigenvalue weighted by Gasteiger charge is 2.35. The van der Waals surface area contributed by atoms with E-state index in [0.29, 0.717) is 23.1 Å². The van der Waals surface area contributed by atoms with Gasteiger partial charge >= 0.3 is 0 Å². The summed E-state index contributed by atoms with van der Waals surface area (Å²) >= 11 is 14.3. The highest BCUT2D eigenvalue weighted by atomic mass is 35.5.